The van der Waals surface area contributed by atoms with Crippen molar-refractivity contribution in [1.82, 2.24) is 10.2 Å². The van der Waals surface area contributed by atoms with Crippen molar-refractivity contribution < 1.29 is 14.0 Å². The zero-order chi connectivity index (χ0) is 21.6. The molecular formula is C23H16ClN3O3S. The van der Waals surface area contributed by atoms with Crippen molar-refractivity contribution >= 4 is 40.7 Å². The summed E-state index contributed by atoms with van der Waals surface area (Å²) in [5.74, 6) is -0.133. The van der Waals surface area contributed by atoms with Crippen LogP contribution >= 0.6 is 23.4 Å². The molecule has 1 aromatic heterocycles. The average Bonchev–Trinajstić information content (AvgIpc) is 3.27. The van der Waals surface area contributed by atoms with Gasteiger partial charge in [-0.1, -0.05) is 78.0 Å². The normalized spacial score (nSPS) is 10.6. The Labute approximate surface area is 187 Å². The average molecular weight is 450 g/mol. The van der Waals surface area contributed by atoms with E-state index in [0.29, 0.717) is 27.4 Å². The first kappa shape index (κ1) is 20.8. The van der Waals surface area contributed by atoms with Crippen LogP contribution in [0.15, 0.2) is 88.5 Å². The van der Waals surface area contributed by atoms with Crippen LogP contribution in [0.3, 0.4) is 0 Å². The van der Waals surface area contributed by atoms with Crippen LogP contribution in [-0.4, -0.2) is 27.6 Å². The first-order chi connectivity index (χ1) is 15.1. The zero-order valence-corrected chi connectivity index (χ0v) is 17.7. The van der Waals surface area contributed by atoms with E-state index < -0.39 is 0 Å². The summed E-state index contributed by atoms with van der Waals surface area (Å²) in [7, 11) is 0. The SMILES string of the molecule is O=C(CSc1nnc(-c2ccccc2Cl)o1)Nc1ccccc1C(=O)c1ccccc1. The molecular weight excluding hydrogens is 434 g/mol. The highest BCUT2D eigenvalue weighted by Crippen LogP contribution is 2.28. The molecule has 1 amide bonds. The topological polar surface area (TPSA) is 85.1 Å². The van der Waals surface area contributed by atoms with E-state index in [1.54, 1.807) is 60.7 Å². The Bertz CT molecular complexity index is 1230. The van der Waals surface area contributed by atoms with Gasteiger partial charge in [-0.15, -0.1) is 10.2 Å². The molecule has 0 saturated carbocycles. The van der Waals surface area contributed by atoms with Crippen LogP contribution in [0.25, 0.3) is 11.5 Å². The van der Waals surface area contributed by atoms with Crippen LogP contribution < -0.4 is 5.32 Å². The van der Waals surface area contributed by atoms with E-state index in [1.165, 1.54) is 0 Å². The summed E-state index contributed by atoms with van der Waals surface area (Å²) in [6, 6.07) is 23.0. The predicted octanol–water partition coefficient (Wildman–Crippen LogP) is 5.35. The molecule has 154 valence electrons. The van der Waals surface area contributed by atoms with E-state index in [0.717, 1.165) is 11.8 Å². The van der Waals surface area contributed by atoms with Gasteiger partial charge >= 0.3 is 0 Å². The quantitative estimate of drug-likeness (QED) is 0.302. The number of amides is 1. The molecule has 0 aliphatic carbocycles. The molecule has 0 unspecified atom stereocenters. The summed E-state index contributed by atoms with van der Waals surface area (Å²) in [5, 5.41) is 11.5. The van der Waals surface area contributed by atoms with Crippen molar-refractivity contribution in [3.8, 4) is 11.5 Å². The van der Waals surface area contributed by atoms with E-state index >= 15 is 0 Å². The highest BCUT2D eigenvalue weighted by molar-refractivity contribution is 7.99. The number of aromatic nitrogens is 2. The fourth-order valence-corrected chi connectivity index (χ4v) is 3.64. The summed E-state index contributed by atoms with van der Waals surface area (Å²) in [6.45, 7) is 0. The molecule has 8 heteroatoms. The third-order valence-corrected chi connectivity index (χ3v) is 5.47. The molecule has 4 rings (SSSR count). The molecule has 1 N–H and O–H groups in total. The molecule has 0 aliphatic heterocycles. The number of carbonyl (C=O) groups is 2. The van der Waals surface area contributed by atoms with Gasteiger partial charge in [0, 0.05) is 11.1 Å². The number of para-hydroxylation sites is 1. The fourth-order valence-electron chi connectivity index (χ4n) is 2.86. The number of thioether (sulfide) groups is 1. The summed E-state index contributed by atoms with van der Waals surface area (Å²) in [4.78, 5) is 25.3. The Kier molecular flexibility index (Phi) is 6.45. The summed E-state index contributed by atoms with van der Waals surface area (Å²) in [6.07, 6.45) is 0. The van der Waals surface area contributed by atoms with Gasteiger partial charge < -0.3 is 9.73 Å². The first-order valence-electron chi connectivity index (χ1n) is 9.31. The van der Waals surface area contributed by atoms with Gasteiger partial charge in [0.05, 0.1) is 22.0 Å². The molecule has 0 atom stereocenters. The lowest BCUT2D eigenvalue weighted by Crippen LogP contribution is -2.17. The van der Waals surface area contributed by atoms with Crippen LogP contribution in [-0.2, 0) is 4.79 Å². The number of nitrogens with one attached hydrogen (secondary N) is 1. The Morgan fingerprint density at radius 3 is 2.42 bits per heavy atom. The Morgan fingerprint density at radius 2 is 1.61 bits per heavy atom. The van der Waals surface area contributed by atoms with Gasteiger partial charge in [-0.3, -0.25) is 9.59 Å². The zero-order valence-electron chi connectivity index (χ0n) is 16.1. The second kappa shape index (κ2) is 9.59. The molecule has 1 heterocycles. The molecule has 0 fully saturated rings. The lowest BCUT2D eigenvalue weighted by molar-refractivity contribution is -0.113. The van der Waals surface area contributed by atoms with E-state index in [2.05, 4.69) is 15.5 Å². The lowest BCUT2D eigenvalue weighted by Gasteiger charge is -2.10. The summed E-state index contributed by atoms with van der Waals surface area (Å²) < 4.78 is 5.59. The van der Waals surface area contributed by atoms with Crippen molar-refractivity contribution in [2.24, 2.45) is 0 Å². The van der Waals surface area contributed by atoms with E-state index in [9.17, 15) is 9.59 Å². The number of hydrogen-bond donors (Lipinski definition) is 1. The number of halogens is 1. The van der Waals surface area contributed by atoms with Crippen LogP contribution in [0.2, 0.25) is 5.02 Å². The van der Waals surface area contributed by atoms with Gasteiger partial charge in [-0.2, -0.15) is 0 Å². The molecule has 0 aliphatic rings. The number of rotatable bonds is 7. The number of anilines is 1. The maximum Gasteiger partial charge on any atom is 0.277 e. The molecule has 0 radical (unpaired) electrons. The molecule has 6 nitrogen and oxygen atoms in total. The molecule has 0 bridgehead atoms. The van der Waals surface area contributed by atoms with Gasteiger partial charge in [0.15, 0.2) is 5.78 Å². The van der Waals surface area contributed by atoms with E-state index in [-0.39, 0.29) is 28.6 Å². The maximum atomic E-state index is 12.8. The van der Waals surface area contributed by atoms with Crippen LogP contribution in [0.1, 0.15) is 15.9 Å². The second-order valence-corrected chi connectivity index (χ2v) is 7.76. The van der Waals surface area contributed by atoms with Crippen molar-refractivity contribution in [3.63, 3.8) is 0 Å². The molecule has 4 aromatic rings. The van der Waals surface area contributed by atoms with Crippen molar-refractivity contribution in [2.75, 3.05) is 11.1 Å². The smallest absolute Gasteiger partial charge is 0.277 e. The van der Waals surface area contributed by atoms with Gasteiger partial charge in [0.2, 0.25) is 11.8 Å². The van der Waals surface area contributed by atoms with Crippen molar-refractivity contribution in [2.45, 2.75) is 5.22 Å². The number of nitrogens with zero attached hydrogens (tertiary/aromatic N) is 2. The van der Waals surface area contributed by atoms with Gasteiger partial charge in [0.1, 0.15) is 0 Å². The summed E-state index contributed by atoms with van der Waals surface area (Å²) in [5.41, 5.74) is 2.05. The monoisotopic (exact) mass is 449 g/mol. The van der Waals surface area contributed by atoms with Crippen molar-refractivity contribution in [3.05, 3.63) is 95.0 Å². The number of carbonyl (C=O) groups excluding carboxylic acids is 2. The largest absolute Gasteiger partial charge is 0.411 e. The second-order valence-electron chi connectivity index (χ2n) is 6.43. The van der Waals surface area contributed by atoms with E-state index in [1.807, 2.05) is 18.2 Å². The minimum atomic E-state index is -0.296. The first-order valence-corrected chi connectivity index (χ1v) is 10.7. The Morgan fingerprint density at radius 1 is 0.903 bits per heavy atom. The Balaban J connectivity index is 1.41. The minimum Gasteiger partial charge on any atom is -0.411 e. The van der Waals surface area contributed by atoms with Crippen molar-refractivity contribution in [1.29, 1.82) is 0 Å². The third kappa shape index (κ3) is 5.02. The highest BCUT2D eigenvalue weighted by atomic mass is 35.5. The van der Waals surface area contributed by atoms with Gasteiger partial charge in [0.25, 0.3) is 5.22 Å². The number of hydrogen-bond acceptors (Lipinski definition) is 6. The molecule has 0 saturated heterocycles. The van der Waals surface area contributed by atoms with Crippen LogP contribution in [0.4, 0.5) is 5.69 Å². The molecule has 0 spiro atoms. The summed E-state index contributed by atoms with van der Waals surface area (Å²) >= 11 is 7.24. The van der Waals surface area contributed by atoms with E-state index in [4.69, 9.17) is 16.0 Å². The standard InChI is InChI=1S/C23H16ClN3O3S/c24-18-12-6-4-10-16(18)22-26-27-23(30-22)31-14-20(28)25-19-13-7-5-11-17(19)21(29)15-8-2-1-3-9-15/h1-13H,14H2,(H,25,28). The molecule has 3 aromatic carbocycles. The number of benzene rings is 3. The maximum absolute atomic E-state index is 12.8. The molecule has 31 heavy (non-hydrogen) atoms. The number of ketones is 1. The highest BCUT2D eigenvalue weighted by Gasteiger charge is 2.16. The lowest BCUT2D eigenvalue weighted by atomic mass is 10.0. The Hall–Kier alpha value is -3.42. The predicted molar refractivity (Wildman–Crippen MR) is 120 cm³/mol. The van der Waals surface area contributed by atoms with Gasteiger partial charge in [-0.05, 0) is 24.3 Å². The fraction of sp³-hybridized carbons (Fsp3) is 0.0435. The third-order valence-electron chi connectivity index (χ3n) is 4.32. The van der Waals surface area contributed by atoms with Crippen LogP contribution in [0.5, 0.6) is 0 Å². The minimum absolute atomic E-state index is 0.0397. The van der Waals surface area contributed by atoms with Crippen LogP contribution in [0, 0.1) is 0 Å². The van der Waals surface area contributed by atoms with Gasteiger partial charge in [-0.25, -0.2) is 0 Å².